The molecule has 21 heavy (non-hydrogen) atoms. The molecule has 1 aromatic heterocycles. The minimum Gasteiger partial charge on any atom is -0.503 e. The van der Waals surface area contributed by atoms with Gasteiger partial charge in [-0.3, -0.25) is 14.9 Å². The number of terminal acetylenes is 1. The molecule has 0 aromatic carbocycles. The van der Waals surface area contributed by atoms with Crippen LogP contribution >= 0.6 is 0 Å². The zero-order chi connectivity index (χ0) is 16.0. The number of aromatic nitrogens is 1. The second-order valence-corrected chi connectivity index (χ2v) is 4.58. The normalized spacial score (nSPS) is 13.2. The topological polar surface area (TPSA) is 80.6 Å². The molecule has 0 aliphatic rings. The van der Waals surface area contributed by atoms with Gasteiger partial charge in [0.2, 0.25) is 5.43 Å². The predicted molar refractivity (Wildman–Crippen MR) is 79.1 cm³/mol. The number of carbonyl (C=O) groups is 1. The molecular formula is C15H20N2O4. The van der Waals surface area contributed by atoms with Gasteiger partial charge >= 0.3 is 5.97 Å². The number of hydrogen-bond acceptors (Lipinski definition) is 5. The van der Waals surface area contributed by atoms with Crippen LogP contribution in [0.15, 0.2) is 17.1 Å². The predicted octanol–water partition coefficient (Wildman–Crippen LogP) is 0.578. The van der Waals surface area contributed by atoms with Crippen molar-refractivity contribution >= 4 is 5.97 Å². The van der Waals surface area contributed by atoms with Crippen molar-refractivity contribution in [2.24, 2.45) is 0 Å². The Bertz CT molecular complexity index is 601. The van der Waals surface area contributed by atoms with Gasteiger partial charge in [0.25, 0.3) is 0 Å². The van der Waals surface area contributed by atoms with Gasteiger partial charge in [0.1, 0.15) is 6.04 Å². The maximum Gasteiger partial charge on any atom is 0.325 e. The highest BCUT2D eigenvalue weighted by Crippen LogP contribution is 2.19. The average molecular weight is 292 g/mol. The van der Waals surface area contributed by atoms with Gasteiger partial charge < -0.3 is 14.4 Å². The van der Waals surface area contributed by atoms with Gasteiger partial charge in [0.05, 0.1) is 24.9 Å². The molecule has 0 aliphatic carbocycles. The second kappa shape index (κ2) is 7.50. The molecule has 0 aliphatic heterocycles. The van der Waals surface area contributed by atoms with E-state index in [1.54, 1.807) is 25.3 Å². The van der Waals surface area contributed by atoms with Crippen LogP contribution in [0.2, 0.25) is 0 Å². The summed E-state index contributed by atoms with van der Waals surface area (Å²) in [4.78, 5) is 23.4. The van der Waals surface area contributed by atoms with Crippen molar-refractivity contribution in [3.8, 4) is 18.1 Å². The first-order valence-electron chi connectivity index (χ1n) is 6.68. The minimum absolute atomic E-state index is 0.207. The summed E-state index contributed by atoms with van der Waals surface area (Å²) in [5.74, 6) is 1.65. The monoisotopic (exact) mass is 292 g/mol. The van der Waals surface area contributed by atoms with E-state index in [0.717, 1.165) is 0 Å². The Balaban J connectivity index is 3.13. The average Bonchev–Trinajstić information content (AvgIpc) is 2.45. The van der Waals surface area contributed by atoms with Crippen molar-refractivity contribution in [2.75, 3.05) is 13.2 Å². The number of rotatable bonds is 6. The number of aromatic hydroxyl groups is 1. The molecular weight excluding hydrogens is 272 g/mol. The molecule has 0 saturated carbocycles. The lowest BCUT2D eigenvalue weighted by atomic mass is 10.1. The van der Waals surface area contributed by atoms with Crippen molar-refractivity contribution in [1.82, 2.24) is 9.88 Å². The lowest BCUT2D eigenvalue weighted by Crippen LogP contribution is -2.44. The number of nitrogens with zero attached hydrogens (tertiary/aromatic N) is 1. The van der Waals surface area contributed by atoms with E-state index in [1.807, 2.05) is 0 Å². The van der Waals surface area contributed by atoms with Crippen molar-refractivity contribution in [3.05, 3.63) is 28.2 Å². The first-order valence-corrected chi connectivity index (χ1v) is 6.68. The van der Waals surface area contributed by atoms with E-state index in [0.29, 0.717) is 5.69 Å². The third-order valence-corrected chi connectivity index (χ3v) is 3.24. The molecule has 1 heterocycles. The quantitative estimate of drug-likeness (QED) is 0.592. The summed E-state index contributed by atoms with van der Waals surface area (Å²) < 4.78 is 6.67. The highest BCUT2D eigenvalue weighted by molar-refractivity contribution is 5.76. The van der Waals surface area contributed by atoms with E-state index < -0.39 is 17.4 Å². The number of esters is 1. The molecule has 2 N–H and O–H groups in total. The number of nitrogens with one attached hydrogen (secondary N) is 1. The Morgan fingerprint density at radius 1 is 1.62 bits per heavy atom. The van der Waals surface area contributed by atoms with Gasteiger partial charge in [-0.15, -0.1) is 6.42 Å². The molecule has 0 spiro atoms. The van der Waals surface area contributed by atoms with Crippen molar-refractivity contribution < 1.29 is 14.6 Å². The fraction of sp³-hybridized carbons (Fsp3) is 0.467. The van der Waals surface area contributed by atoms with Crippen LogP contribution in [0.1, 0.15) is 25.6 Å². The largest absolute Gasteiger partial charge is 0.503 e. The van der Waals surface area contributed by atoms with Gasteiger partial charge in [0.15, 0.2) is 5.75 Å². The number of hydrogen-bond donors (Lipinski definition) is 2. The summed E-state index contributed by atoms with van der Waals surface area (Å²) in [5.41, 5.74) is -0.0768. The van der Waals surface area contributed by atoms with E-state index >= 15 is 0 Å². The number of pyridine rings is 1. The molecule has 2 unspecified atom stereocenters. The Morgan fingerprint density at radius 2 is 2.29 bits per heavy atom. The van der Waals surface area contributed by atoms with Crippen molar-refractivity contribution in [3.63, 3.8) is 0 Å². The summed E-state index contributed by atoms with van der Waals surface area (Å²) in [6, 6.07) is 0.188. The smallest absolute Gasteiger partial charge is 0.325 e. The van der Waals surface area contributed by atoms with E-state index in [-0.39, 0.29) is 24.9 Å². The highest BCUT2D eigenvalue weighted by atomic mass is 16.5. The molecule has 6 nitrogen and oxygen atoms in total. The van der Waals surface area contributed by atoms with Crippen LogP contribution in [-0.2, 0) is 9.53 Å². The second-order valence-electron chi connectivity index (χ2n) is 4.58. The molecule has 114 valence electrons. The number of ether oxygens (including phenoxy) is 1. The number of carbonyl (C=O) groups excluding carboxylic acids is 1. The summed E-state index contributed by atoms with van der Waals surface area (Å²) in [6.45, 7) is 5.57. The molecule has 1 rings (SSSR count). The lowest BCUT2D eigenvalue weighted by molar-refractivity contribution is -0.146. The summed E-state index contributed by atoms with van der Waals surface area (Å²) in [7, 11) is 0. The molecule has 0 fully saturated rings. The summed E-state index contributed by atoms with van der Waals surface area (Å²) in [6.07, 6.45) is 6.74. The first kappa shape index (κ1) is 16.8. The third-order valence-electron chi connectivity index (χ3n) is 3.24. The Kier molecular flexibility index (Phi) is 6.00. The van der Waals surface area contributed by atoms with Gasteiger partial charge in [0, 0.05) is 12.3 Å². The van der Waals surface area contributed by atoms with Crippen LogP contribution < -0.4 is 10.7 Å². The maximum absolute atomic E-state index is 12.0. The molecule has 2 atom stereocenters. The SMILES string of the molecule is C#CCNC(C(=O)OCC)C(C)n1ccc(=O)c(O)c1C. The summed E-state index contributed by atoms with van der Waals surface area (Å²) in [5, 5.41) is 12.7. The molecule has 1 aromatic rings. The summed E-state index contributed by atoms with van der Waals surface area (Å²) >= 11 is 0. The standard InChI is InChI=1S/C15H20N2O4/c1-5-8-16-13(15(20)21-6-2)10(3)17-9-7-12(18)14(19)11(17)4/h1,7,9-10,13,16,19H,6,8H2,2-4H3. The molecule has 0 bridgehead atoms. The third kappa shape index (κ3) is 3.86. The molecule has 0 radical (unpaired) electrons. The van der Waals surface area contributed by atoms with E-state index in [9.17, 15) is 14.7 Å². The van der Waals surface area contributed by atoms with E-state index in [4.69, 9.17) is 11.2 Å². The lowest BCUT2D eigenvalue weighted by Gasteiger charge is -2.26. The Labute approximate surface area is 123 Å². The van der Waals surface area contributed by atoms with Crippen molar-refractivity contribution in [1.29, 1.82) is 0 Å². The van der Waals surface area contributed by atoms with E-state index in [2.05, 4.69) is 11.2 Å². The van der Waals surface area contributed by atoms with Gasteiger partial charge in [-0.1, -0.05) is 5.92 Å². The fourth-order valence-corrected chi connectivity index (χ4v) is 2.09. The van der Waals surface area contributed by atoms with Crippen LogP contribution in [-0.4, -0.2) is 34.8 Å². The van der Waals surface area contributed by atoms with Crippen LogP contribution in [0, 0.1) is 19.3 Å². The zero-order valence-corrected chi connectivity index (χ0v) is 12.4. The minimum atomic E-state index is -0.679. The maximum atomic E-state index is 12.0. The van der Waals surface area contributed by atoms with Crippen LogP contribution in [0.25, 0.3) is 0 Å². The van der Waals surface area contributed by atoms with Crippen LogP contribution in [0.3, 0.4) is 0 Å². The molecule has 6 heteroatoms. The Morgan fingerprint density at radius 3 is 2.86 bits per heavy atom. The van der Waals surface area contributed by atoms with Gasteiger partial charge in [-0.05, 0) is 20.8 Å². The molecule has 0 saturated heterocycles. The molecule has 0 amide bonds. The van der Waals surface area contributed by atoms with Gasteiger partial charge in [-0.2, -0.15) is 0 Å². The fourth-order valence-electron chi connectivity index (χ4n) is 2.09. The van der Waals surface area contributed by atoms with Crippen LogP contribution in [0.4, 0.5) is 0 Å². The van der Waals surface area contributed by atoms with Gasteiger partial charge in [-0.25, -0.2) is 0 Å². The van der Waals surface area contributed by atoms with Crippen LogP contribution in [0.5, 0.6) is 5.75 Å². The van der Waals surface area contributed by atoms with Crippen molar-refractivity contribution in [2.45, 2.75) is 32.9 Å². The Hall–Kier alpha value is -2.26. The van der Waals surface area contributed by atoms with E-state index in [1.165, 1.54) is 12.3 Å². The first-order chi connectivity index (χ1) is 9.93. The zero-order valence-electron chi connectivity index (χ0n) is 12.4. The highest BCUT2D eigenvalue weighted by Gasteiger charge is 2.27.